The predicted molar refractivity (Wildman–Crippen MR) is 124 cm³/mol. The third-order valence-electron chi connectivity index (χ3n) is 5.04. The van der Waals surface area contributed by atoms with Gasteiger partial charge in [-0.25, -0.2) is 9.97 Å². The zero-order chi connectivity index (χ0) is 21.8. The average molecular weight is 448 g/mol. The van der Waals surface area contributed by atoms with Gasteiger partial charge in [-0.15, -0.1) is 0 Å². The molecule has 3 N–H and O–H groups in total. The van der Waals surface area contributed by atoms with Gasteiger partial charge in [0, 0.05) is 12.6 Å². The summed E-state index contributed by atoms with van der Waals surface area (Å²) >= 11 is 1.18. The van der Waals surface area contributed by atoms with E-state index in [1.165, 1.54) is 17.7 Å². The Morgan fingerprint density at radius 1 is 1.09 bits per heavy atom. The Hall–Kier alpha value is -3.63. The summed E-state index contributed by atoms with van der Waals surface area (Å²) < 4.78 is 10.0. The molecular weight excluding hydrogens is 426 g/mol. The van der Waals surface area contributed by atoms with Gasteiger partial charge in [0.05, 0.1) is 40.9 Å². The van der Waals surface area contributed by atoms with Crippen molar-refractivity contribution in [3.8, 4) is 5.88 Å². The second kappa shape index (κ2) is 9.25. The summed E-state index contributed by atoms with van der Waals surface area (Å²) in [5, 5.41) is 9.90. The summed E-state index contributed by atoms with van der Waals surface area (Å²) in [5.74, 6) is 0.801. The maximum Gasteiger partial charge on any atom is 0.260 e. The number of carbonyl (C=O) groups is 1. The van der Waals surface area contributed by atoms with Crippen LogP contribution in [-0.2, 0) is 0 Å². The predicted octanol–water partition coefficient (Wildman–Crippen LogP) is 3.61. The Morgan fingerprint density at radius 2 is 2.00 bits per heavy atom. The molecule has 3 aromatic heterocycles. The minimum absolute atomic E-state index is 0.125. The number of fused-ring (bicyclic) bond motifs is 1. The number of anilines is 3. The molecule has 4 heterocycles. The molecule has 162 valence electrons. The second-order valence-corrected chi connectivity index (χ2v) is 8.16. The van der Waals surface area contributed by atoms with Gasteiger partial charge in [-0.05, 0) is 49.1 Å². The number of ether oxygens (including phenoxy) is 1. The molecule has 4 aromatic rings. The van der Waals surface area contributed by atoms with E-state index in [1.807, 2.05) is 24.3 Å². The zero-order valence-electron chi connectivity index (χ0n) is 17.1. The molecular formula is C22H21N7O2S. The van der Waals surface area contributed by atoms with E-state index in [0.29, 0.717) is 27.9 Å². The van der Waals surface area contributed by atoms with E-state index in [1.54, 1.807) is 24.5 Å². The number of carbonyl (C=O) groups excluding carboxylic acids is 1. The smallest absolute Gasteiger partial charge is 0.260 e. The topological polar surface area (TPSA) is 114 Å². The van der Waals surface area contributed by atoms with Crippen molar-refractivity contribution >= 4 is 45.0 Å². The number of pyridine rings is 1. The van der Waals surface area contributed by atoms with Crippen LogP contribution < -0.4 is 20.7 Å². The van der Waals surface area contributed by atoms with E-state index < -0.39 is 0 Å². The number of hydrogen-bond acceptors (Lipinski definition) is 9. The van der Waals surface area contributed by atoms with Gasteiger partial charge in [0.2, 0.25) is 5.88 Å². The maximum absolute atomic E-state index is 12.8. The monoisotopic (exact) mass is 447 g/mol. The van der Waals surface area contributed by atoms with Gasteiger partial charge < -0.3 is 20.7 Å². The van der Waals surface area contributed by atoms with Gasteiger partial charge in [-0.1, -0.05) is 12.1 Å². The van der Waals surface area contributed by atoms with Gasteiger partial charge in [0.1, 0.15) is 16.9 Å². The molecule has 5 rings (SSSR count). The molecule has 1 unspecified atom stereocenters. The molecule has 0 spiro atoms. The number of para-hydroxylation sites is 2. The molecule has 10 heteroatoms. The third kappa shape index (κ3) is 4.66. The Morgan fingerprint density at radius 3 is 2.81 bits per heavy atom. The molecule has 1 aliphatic heterocycles. The number of piperidine rings is 1. The van der Waals surface area contributed by atoms with Crippen LogP contribution in [-0.4, -0.2) is 44.4 Å². The van der Waals surface area contributed by atoms with Crippen LogP contribution in [0.25, 0.3) is 11.0 Å². The molecule has 1 amide bonds. The summed E-state index contributed by atoms with van der Waals surface area (Å²) in [4.78, 5) is 26.1. The van der Waals surface area contributed by atoms with Crippen LogP contribution in [0, 0.1) is 0 Å². The van der Waals surface area contributed by atoms with Crippen molar-refractivity contribution in [3.63, 3.8) is 0 Å². The first-order chi connectivity index (χ1) is 15.7. The summed E-state index contributed by atoms with van der Waals surface area (Å²) in [5.41, 5.74) is 2.57. The molecule has 1 aromatic carbocycles. The number of nitrogens with zero attached hydrogens (tertiary/aromatic N) is 4. The zero-order valence-corrected chi connectivity index (χ0v) is 17.9. The minimum atomic E-state index is -0.290. The average Bonchev–Trinajstić information content (AvgIpc) is 3.29. The van der Waals surface area contributed by atoms with Crippen LogP contribution in [0.4, 0.5) is 16.5 Å². The second-order valence-electron chi connectivity index (χ2n) is 7.36. The van der Waals surface area contributed by atoms with Crippen molar-refractivity contribution in [2.75, 3.05) is 23.7 Å². The highest BCUT2D eigenvalue weighted by molar-refractivity contribution is 7.10. The summed E-state index contributed by atoms with van der Waals surface area (Å²) in [6.07, 6.45) is 6.97. The SMILES string of the molecule is O=C(Nc1ccc(OC2CCCNC2)nc1)c1cnsc1Nc1cnc2ccccc2n1. The normalized spacial score (nSPS) is 15.9. The molecule has 1 atom stereocenters. The van der Waals surface area contributed by atoms with Crippen molar-refractivity contribution in [3.05, 3.63) is 60.6 Å². The number of aromatic nitrogens is 4. The Bertz CT molecular complexity index is 1220. The van der Waals surface area contributed by atoms with Crippen molar-refractivity contribution in [2.24, 2.45) is 0 Å². The Labute approximate surface area is 188 Å². The van der Waals surface area contributed by atoms with Crippen molar-refractivity contribution in [2.45, 2.75) is 18.9 Å². The fourth-order valence-corrected chi connectivity index (χ4v) is 4.10. The van der Waals surface area contributed by atoms with Crippen molar-refractivity contribution in [1.82, 2.24) is 24.6 Å². The van der Waals surface area contributed by atoms with E-state index in [2.05, 4.69) is 35.3 Å². The highest BCUT2D eigenvalue weighted by Gasteiger charge is 2.17. The Balaban J connectivity index is 1.24. The van der Waals surface area contributed by atoms with Crippen LogP contribution in [0.5, 0.6) is 5.88 Å². The Kier molecular flexibility index (Phi) is 5.86. The highest BCUT2D eigenvalue weighted by Crippen LogP contribution is 2.26. The van der Waals surface area contributed by atoms with Crippen LogP contribution in [0.2, 0.25) is 0 Å². The van der Waals surface area contributed by atoms with E-state index in [9.17, 15) is 4.79 Å². The lowest BCUT2D eigenvalue weighted by Crippen LogP contribution is -2.37. The lowest BCUT2D eigenvalue weighted by atomic mass is 10.1. The number of hydrogen-bond donors (Lipinski definition) is 3. The summed E-state index contributed by atoms with van der Waals surface area (Å²) in [7, 11) is 0. The van der Waals surface area contributed by atoms with Crippen molar-refractivity contribution in [1.29, 1.82) is 0 Å². The molecule has 1 fully saturated rings. The van der Waals surface area contributed by atoms with E-state index >= 15 is 0 Å². The summed E-state index contributed by atoms with van der Waals surface area (Å²) in [6, 6.07) is 11.1. The van der Waals surface area contributed by atoms with Gasteiger partial charge >= 0.3 is 0 Å². The standard InChI is InChI=1S/C22H21N7O2S/c30-21(27-14-7-8-20(25-10-14)31-15-4-3-9-23-11-15)16-12-26-32-22(16)29-19-13-24-17-5-1-2-6-18(17)28-19/h1-2,5-8,10,12-13,15,23H,3-4,9,11H2,(H,27,30)(H,28,29). The fraction of sp³-hybridized carbons (Fsp3) is 0.227. The first kappa shape index (κ1) is 20.3. The quantitative estimate of drug-likeness (QED) is 0.411. The minimum Gasteiger partial charge on any atom is -0.473 e. The van der Waals surface area contributed by atoms with E-state index in [0.717, 1.165) is 37.0 Å². The number of rotatable bonds is 6. The van der Waals surface area contributed by atoms with Gasteiger partial charge in [0.15, 0.2) is 0 Å². The molecule has 0 saturated carbocycles. The van der Waals surface area contributed by atoms with Gasteiger partial charge in [0.25, 0.3) is 5.91 Å². The lowest BCUT2D eigenvalue weighted by molar-refractivity contribution is 0.102. The maximum atomic E-state index is 12.8. The largest absolute Gasteiger partial charge is 0.473 e. The lowest BCUT2D eigenvalue weighted by Gasteiger charge is -2.23. The number of benzene rings is 1. The highest BCUT2D eigenvalue weighted by atomic mass is 32.1. The number of nitrogens with one attached hydrogen (secondary N) is 3. The third-order valence-corrected chi connectivity index (χ3v) is 5.75. The van der Waals surface area contributed by atoms with Gasteiger partial charge in [-0.3, -0.25) is 9.78 Å². The first-order valence-electron chi connectivity index (χ1n) is 10.3. The van der Waals surface area contributed by atoms with Crippen LogP contribution in [0.3, 0.4) is 0 Å². The number of amides is 1. The molecule has 0 radical (unpaired) electrons. The van der Waals surface area contributed by atoms with E-state index in [4.69, 9.17) is 4.74 Å². The molecule has 1 saturated heterocycles. The fourth-order valence-electron chi connectivity index (χ4n) is 3.44. The summed E-state index contributed by atoms with van der Waals surface area (Å²) in [6.45, 7) is 1.85. The van der Waals surface area contributed by atoms with Gasteiger partial charge in [-0.2, -0.15) is 4.37 Å². The molecule has 0 bridgehead atoms. The molecule has 9 nitrogen and oxygen atoms in total. The molecule has 0 aliphatic carbocycles. The molecule has 1 aliphatic rings. The first-order valence-corrected chi connectivity index (χ1v) is 11.1. The van der Waals surface area contributed by atoms with E-state index in [-0.39, 0.29) is 12.0 Å². The van der Waals surface area contributed by atoms with Crippen LogP contribution in [0.1, 0.15) is 23.2 Å². The molecule has 32 heavy (non-hydrogen) atoms. The van der Waals surface area contributed by atoms with Crippen LogP contribution in [0.15, 0.2) is 55.0 Å². The van der Waals surface area contributed by atoms with Crippen LogP contribution >= 0.6 is 11.5 Å². The van der Waals surface area contributed by atoms with Crippen molar-refractivity contribution < 1.29 is 9.53 Å².